The third-order valence-corrected chi connectivity index (χ3v) is 0.769. The van der Waals surface area contributed by atoms with Crippen molar-refractivity contribution in [1.82, 2.24) is 6.15 Å². The smallest absolute Gasteiger partial charge is 0.344 e. The van der Waals surface area contributed by atoms with Crippen molar-refractivity contribution in [2.45, 2.75) is 6.92 Å². The van der Waals surface area contributed by atoms with Crippen LogP contribution in [0.1, 0.15) is 6.92 Å². The summed E-state index contributed by atoms with van der Waals surface area (Å²) in [6.45, 7) is 4.41. The fraction of sp³-hybridized carbons (Fsp3) is 0.400. The molecule has 0 atom stereocenters. The summed E-state index contributed by atoms with van der Waals surface area (Å²) in [4.78, 5) is 8.81. The molecule has 4 N–H and O–H groups in total. The Morgan fingerprint density at radius 2 is 1.92 bits per heavy atom. The molecule has 0 aliphatic heterocycles. The van der Waals surface area contributed by atoms with Crippen molar-refractivity contribution in [2.24, 2.45) is 0 Å². The molecule has 0 aliphatic carbocycles. The molecular formula is C5H13NO5S. The lowest BCUT2D eigenvalue weighted by molar-refractivity contribution is -0.106. The van der Waals surface area contributed by atoms with Gasteiger partial charge in [-0.3, -0.25) is 4.55 Å². The molecule has 0 bridgehead atoms. The molecule has 74 valence electrons. The van der Waals surface area contributed by atoms with Gasteiger partial charge in [0, 0.05) is 0 Å². The van der Waals surface area contributed by atoms with E-state index in [2.05, 4.69) is 10.8 Å². The van der Waals surface area contributed by atoms with E-state index in [0.717, 1.165) is 6.29 Å². The summed E-state index contributed by atoms with van der Waals surface area (Å²) in [6, 6.07) is 0. The van der Waals surface area contributed by atoms with Gasteiger partial charge in [-0.05, 0) is 6.92 Å². The zero-order valence-electron chi connectivity index (χ0n) is 6.76. The fourth-order valence-electron chi connectivity index (χ4n) is 0.134. The highest BCUT2D eigenvalue weighted by molar-refractivity contribution is 7.80. The molecule has 7 heteroatoms. The van der Waals surface area contributed by atoms with Gasteiger partial charge in [0.05, 0.1) is 6.61 Å². The van der Waals surface area contributed by atoms with Gasteiger partial charge in [-0.2, -0.15) is 8.42 Å². The topological polar surface area (TPSA) is 116 Å². The molecule has 0 aromatic carbocycles. The lowest BCUT2D eigenvalue weighted by Crippen LogP contribution is -2.02. The highest BCUT2D eigenvalue weighted by Crippen LogP contribution is 1.83. The summed E-state index contributed by atoms with van der Waals surface area (Å²) in [7, 11) is -4.26. The molecule has 0 aromatic heterocycles. The van der Waals surface area contributed by atoms with Gasteiger partial charge in [-0.25, -0.2) is 4.18 Å². The number of rotatable bonds is 3. The maximum atomic E-state index is 9.68. The molecule has 0 rings (SSSR count). The minimum Gasteiger partial charge on any atom is -0.344 e. The molecule has 0 aromatic rings. The van der Waals surface area contributed by atoms with Crippen LogP contribution in [0.15, 0.2) is 12.7 Å². The SMILES string of the molecule is C=CCOS(=O)(=O)O.CC=O.N. The van der Waals surface area contributed by atoms with Crippen molar-refractivity contribution in [3.05, 3.63) is 12.7 Å². The maximum absolute atomic E-state index is 9.68. The van der Waals surface area contributed by atoms with Crippen molar-refractivity contribution in [1.29, 1.82) is 0 Å². The largest absolute Gasteiger partial charge is 0.397 e. The Labute approximate surface area is 71.8 Å². The van der Waals surface area contributed by atoms with Crippen LogP contribution in [0.4, 0.5) is 0 Å². The third-order valence-electron chi connectivity index (χ3n) is 0.335. The highest BCUT2D eigenvalue weighted by Gasteiger charge is 1.99. The third kappa shape index (κ3) is 34.9. The molecule has 0 radical (unpaired) electrons. The van der Waals surface area contributed by atoms with Crippen LogP contribution < -0.4 is 6.15 Å². The van der Waals surface area contributed by atoms with Crippen LogP contribution in [-0.4, -0.2) is 25.9 Å². The Hall–Kier alpha value is -0.760. The number of hydrogen-bond donors (Lipinski definition) is 2. The summed E-state index contributed by atoms with van der Waals surface area (Å²) in [5.41, 5.74) is 0. The van der Waals surface area contributed by atoms with Crippen LogP contribution >= 0.6 is 0 Å². The molecule has 0 unspecified atom stereocenters. The molecule has 6 nitrogen and oxygen atoms in total. The molecule has 0 spiro atoms. The second-order valence-electron chi connectivity index (χ2n) is 1.24. The molecule has 0 fully saturated rings. The van der Waals surface area contributed by atoms with Crippen LogP contribution in [0.25, 0.3) is 0 Å². The minimum absolute atomic E-state index is 0. The monoisotopic (exact) mass is 199 g/mol. The summed E-state index contributed by atoms with van der Waals surface area (Å²) >= 11 is 0. The Balaban J connectivity index is -0.000000177. The van der Waals surface area contributed by atoms with Gasteiger partial charge in [-0.1, -0.05) is 6.08 Å². The molecule has 0 heterocycles. The van der Waals surface area contributed by atoms with E-state index in [-0.39, 0.29) is 12.8 Å². The van der Waals surface area contributed by atoms with E-state index in [9.17, 15) is 8.42 Å². The summed E-state index contributed by atoms with van der Waals surface area (Å²) in [5, 5.41) is 0. The lowest BCUT2D eigenvalue weighted by Gasteiger charge is -1.90. The van der Waals surface area contributed by atoms with E-state index in [1.165, 1.54) is 13.0 Å². The first-order valence-corrected chi connectivity index (χ1v) is 3.97. The van der Waals surface area contributed by atoms with E-state index in [1.807, 2.05) is 0 Å². The van der Waals surface area contributed by atoms with Gasteiger partial charge in [-0.15, -0.1) is 6.58 Å². The van der Waals surface area contributed by atoms with Crippen LogP contribution in [-0.2, 0) is 19.4 Å². The van der Waals surface area contributed by atoms with Gasteiger partial charge in [0.15, 0.2) is 0 Å². The van der Waals surface area contributed by atoms with Gasteiger partial charge in [0.2, 0.25) is 0 Å². The maximum Gasteiger partial charge on any atom is 0.397 e. The Kier molecular flexibility index (Phi) is 14.8. The Morgan fingerprint density at radius 1 is 1.58 bits per heavy atom. The first kappa shape index (κ1) is 17.4. The van der Waals surface area contributed by atoms with Crippen LogP contribution in [0, 0.1) is 0 Å². The van der Waals surface area contributed by atoms with Crippen molar-refractivity contribution in [3.8, 4) is 0 Å². The Morgan fingerprint density at radius 3 is 2.00 bits per heavy atom. The van der Waals surface area contributed by atoms with Gasteiger partial charge < -0.3 is 10.9 Å². The van der Waals surface area contributed by atoms with Crippen LogP contribution in [0.5, 0.6) is 0 Å². The van der Waals surface area contributed by atoms with Crippen molar-refractivity contribution in [2.75, 3.05) is 6.61 Å². The molecule has 0 amide bonds. The second kappa shape index (κ2) is 10.2. The van der Waals surface area contributed by atoms with Crippen molar-refractivity contribution in [3.63, 3.8) is 0 Å². The number of carbonyl (C=O) groups is 1. The summed E-state index contributed by atoms with van der Waals surface area (Å²) in [6.07, 6.45) is 1.97. The van der Waals surface area contributed by atoms with E-state index in [1.54, 1.807) is 0 Å². The van der Waals surface area contributed by atoms with E-state index < -0.39 is 10.4 Å². The molecule has 0 saturated heterocycles. The standard InChI is InChI=1S/C3H6O4S.C2H4O.H3N/c1-2-3-7-8(4,5)6;1-2-3;/h2H,1,3H2,(H,4,5,6);2H,1H3;1H3. The quantitative estimate of drug-likeness (QED) is 0.385. The highest BCUT2D eigenvalue weighted by atomic mass is 32.3. The lowest BCUT2D eigenvalue weighted by atomic mass is 10.7. The normalized spacial score (nSPS) is 8.50. The van der Waals surface area contributed by atoms with E-state index >= 15 is 0 Å². The molecular weight excluding hydrogens is 186 g/mol. The van der Waals surface area contributed by atoms with E-state index in [4.69, 9.17) is 9.35 Å². The van der Waals surface area contributed by atoms with Crippen molar-refractivity contribution < 1.29 is 21.9 Å². The van der Waals surface area contributed by atoms with Crippen LogP contribution in [0.3, 0.4) is 0 Å². The van der Waals surface area contributed by atoms with Crippen molar-refractivity contribution >= 4 is 16.7 Å². The van der Waals surface area contributed by atoms with E-state index in [0.29, 0.717) is 0 Å². The predicted molar refractivity (Wildman–Crippen MR) is 44.5 cm³/mol. The first-order chi connectivity index (χ1) is 4.97. The average Bonchev–Trinajstić information content (AvgIpc) is 1.84. The fourth-order valence-corrected chi connectivity index (χ4v) is 0.402. The van der Waals surface area contributed by atoms with Gasteiger partial charge in [0.25, 0.3) is 0 Å². The molecule has 0 saturated carbocycles. The zero-order valence-corrected chi connectivity index (χ0v) is 7.58. The van der Waals surface area contributed by atoms with Crippen LogP contribution in [0.2, 0.25) is 0 Å². The number of carbonyl (C=O) groups excluding carboxylic acids is 1. The number of aldehydes is 1. The average molecular weight is 199 g/mol. The molecule has 0 aliphatic rings. The van der Waals surface area contributed by atoms with Gasteiger partial charge >= 0.3 is 10.4 Å². The number of hydrogen-bond acceptors (Lipinski definition) is 5. The summed E-state index contributed by atoms with van der Waals surface area (Å²) < 4.78 is 31.0. The second-order valence-corrected chi connectivity index (χ2v) is 2.33. The molecule has 12 heavy (non-hydrogen) atoms. The predicted octanol–water partition coefficient (Wildman–Crippen LogP) is 0.359. The summed E-state index contributed by atoms with van der Waals surface area (Å²) in [5.74, 6) is 0. The first-order valence-electron chi connectivity index (χ1n) is 2.60. The Bertz CT molecular complexity index is 198. The zero-order chi connectivity index (χ0) is 9.33. The van der Waals surface area contributed by atoms with Gasteiger partial charge in [0.1, 0.15) is 6.29 Å². The minimum atomic E-state index is -4.26.